The molecule has 20 heavy (non-hydrogen) atoms. The number of nitrogens with zero attached hydrogens (tertiary/aromatic N) is 1. The number of carbonyl (C=O) groups excluding carboxylic acids is 1. The minimum atomic E-state index is -2.95. The van der Waals surface area contributed by atoms with Crippen molar-refractivity contribution < 1.29 is 13.2 Å². The van der Waals surface area contributed by atoms with Crippen LogP contribution in [0.15, 0.2) is 35.2 Å². The summed E-state index contributed by atoms with van der Waals surface area (Å²) >= 11 is 1.49. The zero-order chi connectivity index (χ0) is 14.6. The highest BCUT2D eigenvalue weighted by Crippen LogP contribution is 2.21. The molecule has 0 N–H and O–H groups in total. The number of carbonyl (C=O) groups is 1. The molecule has 0 radical (unpaired) electrons. The first-order chi connectivity index (χ1) is 9.52. The highest BCUT2D eigenvalue weighted by molar-refractivity contribution is 8.00. The monoisotopic (exact) mass is 313 g/mol. The second-order valence-electron chi connectivity index (χ2n) is 4.84. The molecule has 1 atom stereocenters. The van der Waals surface area contributed by atoms with Gasteiger partial charge in [-0.2, -0.15) is 0 Å². The lowest BCUT2D eigenvalue weighted by Gasteiger charge is -2.26. The smallest absolute Gasteiger partial charge is 0.233 e. The maximum atomic E-state index is 12.3. The van der Waals surface area contributed by atoms with Gasteiger partial charge in [-0.25, -0.2) is 8.42 Å². The molecule has 1 aromatic carbocycles. The highest BCUT2D eigenvalue weighted by Gasteiger charge is 2.33. The number of benzene rings is 1. The first kappa shape index (κ1) is 15.4. The predicted octanol–water partition coefficient (Wildman–Crippen LogP) is 1.81. The molecule has 1 aromatic rings. The van der Waals surface area contributed by atoms with Crippen molar-refractivity contribution in [3.63, 3.8) is 0 Å². The van der Waals surface area contributed by atoms with Crippen molar-refractivity contribution in [2.45, 2.75) is 24.3 Å². The molecule has 1 amide bonds. The minimum Gasteiger partial charge on any atom is -0.338 e. The number of rotatable bonds is 5. The van der Waals surface area contributed by atoms with Crippen molar-refractivity contribution in [1.29, 1.82) is 0 Å². The van der Waals surface area contributed by atoms with Gasteiger partial charge in [0.1, 0.15) is 0 Å². The lowest BCUT2D eigenvalue weighted by molar-refractivity contribution is -0.129. The molecule has 1 saturated heterocycles. The fraction of sp³-hybridized carbons (Fsp3) is 0.500. The van der Waals surface area contributed by atoms with Gasteiger partial charge in [0.15, 0.2) is 9.84 Å². The van der Waals surface area contributed by atoms with Gasteiger partial charge in [-0.05, 0) is 25.5 Å². The van der Waals surface area contributed by atoms with E-state index in [1.54, 1.807) is 4.90 Å². The fourth-order valence-electron chi connectivity index (χ4n) is 2.40. The Balaban J connectivity index is 1.93. The van der Waals surface area contributed by atoms with Crippen molar-refractivity contribution in [3.8, 4) is 0 Å². The average Bonchev–Trinajstić information content (AvgIpc) is 2.78. The van der Waals surface area contributed by atoms with E-state index in [-0.39, 0.29) is 23.5 Å². The minimum absolute atomic E-state index is 0.0171. The molecule has 1 unspecified atom stereocenters. The third-order valence-electron chi connectivity index (χ3n) is 3.42. The standard InChI is InChI=1S/C14H19NO3S2/c1-2-15(12-8-9-20(17,18)11-12)14(16)10-19-13-6-4-3-5-7-13/h3-7,12H,2,8-11H2,1H3. The molecule has 1 heterocycles. The Kier molecular flexibility index (Phi) is 5.10. The van der Waals surface area contributed by atoms with E-state index >= 15 is 0 Å². The molecule has 6 heteroatoms. The summed E-state index contributed by atoms with van der Waals surface area (Å²) in [6.07, 6.45) is 0.567. The van der Waals surface area contributed by atoms with Crippen LogP contribution < -0.4 is 0 Å². The molecular weight excluding hydrogens is 294 g/mol. The summed E-state index contributed by atoms with van der Waals surface area (Å²) in [6, 6.07) is 9.60. The van der Waals surface area contributed by atoms with Crippen LogP contribution in [0.4, 0.5) is 0 Å². The Hall–Kier alpha value is -1.01. The van der Waals surface area contributed by atoms with Gasteiger partial charge in [0.05, 0.1) is 17.3 Å². The molecule has 0 saturated carbocycles. The molecule has 4 nitrogen and oxygen atoms in total. The average molecular weight is 313 g/mol. The van der Waals surface area contributed by atoms with Crippen LogP contribution >= 0.6 is 11.8 Å². The van der Waals surface area contributed by atoms with E-state index in [2.05, 4.69) is 0 Å². The third-order valence-corrected chi connectivity index (χ3v) is 6.16. The van der Waals surface area contributed by atoms with Gasteiger partial charge >= 0.3 is 0 Å². The van der Waals surface area contributed by atoms with Crippen LogP contribution in [0.1, 0.15) is 13.3 Å². The fourth-order valence-corrected chi connectivity index (χ4v) is 4.94. The summed E-state index contributed by atoms with van der Waals surface area (Å²) in [4.78, 5) is 15.0. The number of amides is 1. The van der Waals surface area contributed by atoms with Gasteiger partial charge in [-0.15, -0.1) is 11.8 Å². The van der Waals surface area contributed by atoms with Gasteiger partial charge in [0.25, 0.3) is 0 Å². The van der Waals surface area contributed by atoms with Crippen LogP contribution in [0, 0.1) is 0 Å². The van der Waals surface area contributed by atoms with Crippen molar-refractivity contribution >= 4 is 27.5 Å². The Morgan fingerprint density at radius 1 is 1.35 bits per heavy atom. The molecular formula is C14H19NO3S2. The normalized spacial score (nSPS) is 20.8. The molecule has 110 valence electrons. The topological polar surface area (TPSA) is 54.5 Å². The molecule has 2 rings (SSSR count). The Morgan fingerprint density at radius 3 is 2.60 bits per heavy atom. The molecule has 0 spiro atoms. The summed E-state index contributed by atoms with van der Waals surface area (Å²) < 4.78 is 23.0. The highest BCUT2D eigenvalue weighted by atomic mass is 32.2. The van der Waals surface area contributed by atoms with E-state index in [1.165, 1.54) is 11.8 Å². The predicted molar refractivity (Wildman–Crippen MR) is 81.6 cm³/mol. The third kappa shape index (κ3) is 3.99. The van der Waals surface area contributed by atoms with Crippen LogP contribution in [0.2, 0.25) is 0 Å². The first-order valence-corrected chi connectivity index (χ1v) is 9.50. The van der Waals surface area contributed by atoms with E-state index in [4.69, 9.17) is 0 Å². The van der Waals surface area contributed by atoms with Gasteiger partial charge in [0, 0.05) is 17.5 Å². The van der Waals surface area contributed by atoms with Crippen molar-refractivity contribution in [2.75, 3.05) is 23.8 Å². The number of hydrogen-bond acceptors (Lipinski definition) is 4. The summed E-state index contributed by atoms with van der Waals surface area (Å²) in [5.74, 6) is 0.688. The van der Waals surface area contributed by atoms with Crippen molar-refractivity contribution in [3.05, 3.63) is 30.3 Å². The van der Waals surface area contributed by atoms with E-state index in [0.29, 0.717) is 18.7 Å². The summed E-state index contributed by atoms with van der Waals surface area (Å²) in [5.41, 5.74) is 0. The quantitative estimate of drug-likeness (QED) is 0.778. The SMILES string of the molecule is CCN(C(=O)CSc1ccccc1)C1CCS(=O)(=O)C1. The molecule has 0 aromatic heterocycles. The number of thioether (sulfide) groups is 1. The first-order valence-electron chi connectivity index (χ1n) is 6.69. The molecule has 1 fully saturated rings. The van der Waals surface area contributed by atoms with Gasteiger partial charge in [0.2, 0.25) is 5.91 Å². The lowest BCUT2D eigenvalue weighted by atomic mass is 10.2. The zero-order valence-electron chi connectivity index (χ0n) is 11.5. The van der Waals surface area contributed by atoms with Crippen LogP contribution in [0.3, 0.4) is 0 Å². The maximum Gasteiger partial charge on any atom is 0.233 e. The van der Waals surface area contributed by atoms with Crippen LogP contribution in [0.25, 0.3) is 0 Å². The second kappa shape index (κ2) is 6.63. The summed E-state index contributed by atoms with van der Waals surface area (Å²) in [7, 11) is -2.95. The molecule has 1 aliphatic rings. The molecule has 0 aliphatic carbocycles. The van der Waals surface area contributed by atoms with E-state index in [0.717, 1.165) is 4.90 Å². The van der Waals surface area contributed by atoms with Crippen molar-refractivity contribution in [2.24, 2.45) is 0 Å². The van der Waals surface area contributed by atoms with E-state index in [1.807, 2.05) is 37.3 Å². The number of hydrogen-bond donors (Lipinski definition) is 0. The van der Waals surface area contributed by atoms with Gasteiger partial charge in [-0.1, -0.05) is 18.2 Å². The lowest BCUT2D eigenvalue weighted by Crippen LogP contribution is -2.41. The van der Waals surface area contributed by atoms with Gasteiger partial charge < -0.3 is 4.90 Å². The Labute approximate surface area is 124 Å². The second-order valence-corrected chi connectivity index (χ2v) is 8.12. The Morgan fingerprint density at radius 2 is 2.05 bits per heavy atom. The summed E-state index contributed by atoms with van der Waals surface area (Å²) in [5, 5.41) is 0. The molecule has 1 aliphatic heterocycles. The summed E-state index contributed by atoms with van der Waals surface area (Å²) in [6.45, 7) is 2.46. The van der Waals surface area contributed by atoms with Crippen molar-refractivity contribution in [1.82, 2.24) is 4.90 Å². The largest absolute Gasteiger partial charge is 0.338 e. The van der Waals surface area contributed by atoms with Gasteiger partial charge in [-0.3, -0.25) is 4.79 Å². The maximum absolute atomic E-state index is 12.3. The van der Waals surface area contributed by atoms with E-state index < -0.39 is 9.84 Å². The molecule has 0 bridgehead atoms. The zero-order valence-corrected chi connectivity index (χ0v) is 13.1. The van der Waals surface area contributed by atoms with Crippen LogP contribution in [-0.4, -0.2) is 49.1 Å². The van der Waals surface area contributed by atoms with Crippen LogP contribution in [-0.2, 0) is 14.6 Å². The van der Waals surface area contributed by atoms with Crippen LogP contribution in [0.5, 0.6) is 0 Å². The Bertz CT molecular complexity index is 557. The van der Waals surface area contributed by atoms with E-state index in [9.17, 15) is 13.2 Å². The number of sulfone groups is 1.